The summed E-state index contributed by atoms with van der Waals surface area (Å²) >= 11 is 0. The van der Waals surface area contributed by atoms with Crippen molar-refractivity contribution in [2.75, 3.05) is 0 Å². The van der Waals surface area contributed by atoms with Gasteiger partial charge in [-0.25, -0.2) is 0 Å². The molecule has 1 unspecified atom stereocenters. The fraction of sp³-hybridized carbons (Fsp3) is 0.625. The molecule has 1 rings (SSSR count). The van der Waals surface area contributed by atoms with Crippen molar-refractivity contribution in [1.29, 1.82) is 0 Å². The number of rotatable bonds is 6. The molecule has 17 heavy (non-hydrogen) atoms. The van der Waals surface area contributed by atoms with E-state index in [1.54, 1.807) is 0 Å². The monoisotopic (exact) mass is 233 g/mol. The van der Waals surface area contributed by atoms with Gasteiger partial charge in [-0.05, 0) is 49.3 Å². The van der Waals surface area contributed by atoms with Crippen LogP contribution in [0.5, 0.6) is 0 Å². The molecule has 0 aliphatic carbocycles. The van der Waals surface area contributed by atoms with E-state index in [1.807, 2.05) is 0 Å². The second-order valence-corrected chi connectivity index (χ2v) is 5.21. The average molecular weight is 233 g/mol. The highest BCUT2D eigenvalue weighted by Gasteiger charge is 2.18. The van der Waals surface area contributed by atoms with E-state index >= 15 is 0 Å². The summed E-state index contributed by atoms with van der Waals surface area (Å²) in [4.78, 5) is 0. The second kappa shape index (κ2) is 6.80. The third-order valence-corrected chi connectivity index (χ3v) is 3.74. The van der Waals surface area contributed by atoms with Gasteiger partial charge in [-0.3, -0.25) is 0 Å². The Hall–Kier alpha value is -0.820. The van der Waals surface area contributed by atoms with Crippen molar-refractivity contribution in [2.24, 2.45) is 11.7 Å². The molecule has 0 aromatic heterocycles. The second-order valence-electron chi connectivity index (χ2n) is 5.21. The lowest BCUT2D eigenvalue weighted by atomic mass is 9.86. The minimum absolute atomic E-state index is 0.203. The molecule has 0 spiro atoms. The summed E-state index contributed by atoms with van der Waals surface area (Å²) in [6, 6.07) is 6.86. The Morgan fingerprint density at radius 3 is 2.06 bits per heavy atom. The van der Waals surface area contributed by atoms with Crippen LogP contribution in [-0.2, 0) is 0 Å². The van der Waals surface area contributed by atoms with Gasteiger partial charge in [-0.2, -0.15) is 0 Å². The van der Waals surface area contributed by atoms with E-state index in [2.05, 4.69) is 45.9 Å². The van der Waals surface area contributed by atoms with Crippen LogP contribution in [-0.4, -0.2) is 0 Å². The summed E-state index contributed by atoms with van der Waals surface area (Å²) in [7, 11) is 0. The van der Waals surface area contributed by atoms with Gasteiger partial charge >= 0.3 is 0 Å². The summed E-state index contributed by atoms with van der Waals surface area (Å²) in [6.45, 7) is 8.81. The zero-order chi connectivity index (χ0) is 12.8. The van der Waals surface area contributed by atoms with Gasteiger partial charge in [0, 0.05) is 6.04 Å². The van der Waals surface area contributed by atoms with Gasteiger partial charge in [0.15, 0.2) is 0 Å². The van der Waals surface area contributed by atoms with Crippen LogP contribution in [0, 0.1) is 19.8 Å². The number of nitrogens with two attached hydrogens (primary N) is 1. The predicted octanol–water partition coefficient (Wildman–Crippen LogP) is 4.52. The molecular formula is C16H27N. The van der Waals surface area contributed by atoms with E-state index in [4.69, 9.17) is 5.73 Å². The molecule has 1 aromatic carbocycles. The van der Waals surface area contributed by atoms with Crippen LogP contribution in [0.2, 0.25) is 0 Å². The van der Waals surface area contributed by atoms with Crippen LogP contribution in [0.25, 0.3) is 0 Å². The van der Waals surface area contributed by atoms with Crippen molar-refractivity contribution in [3.63, 3.8) is 0 Å². The lowest BCUT2D eigenvalue weighted by Gasteiger charge is -2.24. The molecule has 1 aromatic rings. The first-order chi connectivity index (χ1) is 8.10. The topological polar surface area (TPSA) is 26.0 Å². The van der Waals surface area contributed by atoms with E-state index in [0.717, 1.165) is 0 Å². The minimum Gasteiger partial charge on any atom is -0.324 e. The predicted molar refractivity (Wildman–Crippen MR) is 76.2 cm³/mol. The molecule has 1 nitrogen and oxygen atoms in total. The van der Waals surface area contributed by atoms with Gasteiger partial charge in [0.2, 0.25) is 0 Å². The molecule has 0 radical (unpaired) electrons. The molecule has 1 atom stereocenters. The molecular weight excluding hydrogens is 206 g/mol. The highest BCUT2D eigenvalue weighted by Crippen LogP contribution is 2.28. The van der Waals surface area contributed by atoms with E-state index in [0.29, 0.717) is 5.92 Å². The van der Waals surface area contributed by atoms with Crippen LogP contribution < -0.4 is 5.73 Å². The summed E-state index contributed by atoms with van der Waals surface area (Å²) < 4.78 is 0. The standard InChI is InChI=1S/C16H27N/c1-5-7-14(8-6-2)16(17)15-10-9-12(3)13(4)11-15/h9-11,14,16H,5-8,17H2,1-4H3. The van der Waals surface area contributed by atoms with Crippen molar-refractivity contribution in [1.82, 2.24) is 0 Å². The Bertz CT molecular complexity index is 337. The molecule has 1 heteroatoms. The summed E-state index contributed by atoms with van der Waals surface area (Å²) in [5, 5.41) is 0. The van der Waals surface area contributed by atoms with Crippen molar-refractivity contribution in [3.8, 4) is 0 Å². The third-order valence-electron chi connectivity index (χ3n) is 3.74. The highest BCUT2D eigenvalue weighted by molar-refractivity contribution is 5.31. The lowest BCUT2D eigenvalue weighted by molar-refractivity contribution is 0.368. The number of aryl methyl sites for hydroxylation is 2. The Morgan fingerprint density at radius 1 is 1.00 bits per heavy atom. The highest BCUT2D eigenvalue weighted by atomic mass is 14.6. The lowest BCUT2D eigenvalue weighted by Crippen LogP contribution is -2.21. The Kier molecular flexibility index (Phi) is 5.70. The third kappa shape index (κ3) is 3.85. The van der Waals surface area contributed by atoms with Gasteiger partial charge in [0.05, 0.1) is 0 Å². The van der Waals surface area contributed by atoms with Crippen LogP contribution >= 0.6 is 0 Å². The number of hydrogen-bond acceptors (Lipinski definition) is 1. The van der Waals surface area contributed by atoms with Crippen LogP contribution in [0.1, 0.15) is 62.3 Å². The smallest absolute Gasteiger partial charge is 0.0323 e. The maximum absolute atomic E-state index is 6.43. The zero-order valence-electron chi connectivity index (χ0n) is 11.8. The van der Waals surface area contributed by atoms with Gasteiger partial charge in [0.1, 0.15) is 0 Å². The molecule has 0 aliphatic rings. The SMILES string of the molecule is CCCC(CCC)C(N)c1ccc(C)c(C)c1. The Labute approximate surface area is 106 Å². The van der Waals surface area contributed by atoms with E-state index < -0.39 is 0 Å². The van der Waals surface area contributed by atoms with Crippen molar-refractivity contribution < 1.29 is 0 Å². The van der Waals surface area contributed by atoms with E-state index in [1.165, 1.54) is 42.4 Å². The number of benzene rings is 1. The first-order valence-corrected chi connectivity index (χ1v) is 6.92. The molecule has 0 bridgehead atoms. The van der Waals surface area contributed by atoms with Crippen LogP contribution in [0.3, 0.4) is 0 Å². The summed E-state index contributed by atoms with van der Waals surface area (Å²) in [5.74, 6) is 0.632. The van der Waals surface area contributed by atoms with Crippen molar-refractivity contribution >= 4 is 0 Å². The van der Waals surface area contributed by atoms with Crippen molar-refractivity contribution in [2.45, 2.75) is 59.4 Å². The first-order valence-electron chi connectivity index (χ1n) is 6.92. The molecule has 2 N–H and O–H groups in total. The largest absolute Gasteiger partial charge is 0.324 e. The van der Waals surface area contributed by atoms with Gasteiger partial charge < -0.3 is 5.73 Å². The van der Waals surface area contributed by atoms with Gasteiger partial charge in [-0.15, -0.1) is 0 Å². The molecule has 0 saturated heterocycles. The maximum atomic E-state index is 6.43. The number of hydrogen-bond donors (Lipinski definition) is 1. The minimum atomic E-state index is 0.203. The quantitative estimate of drug-likeness (QED) is 0.768. The molecule has 0 saturated carbocycles. The van der Waals surface area contributed by atoms with Gasteiger partial charge in [-0.1, -0.05) is 44.9 Å². The van der Waals surface area contributed by atoms with E-state index in [-0.39, 0.29) is 6.04 Å². The van der Waals surface area contributed by atoms with Crippen LogP contribution in [0.15, 0.2) is 18.2 Å². The maximum Gasteiger partial charge on any atom is 0.0323 e. The molecule has 0 amide bonds. The Balaban J connectivity index is 2.84. The summed E-state index contributed by atoms with van der Waals surface area (Å²) in [5.41, 5.74) is 10.4. The van der Waals surface area contributed by atoms with E-state index in [9.17, 15) is 0 Å². The van der Waals surface area contributed by atoms with Crippen molar-refractivity contribution in [3.05, 3.63) is 34.9 Å². The van der Waals surface area contributed by atoms with Gasteiger partial charge in [0.25, 0.3) is 0 Å². The fourth-order valence-corrected chi connectivity index (χ4v) is 2.49. The summed E-state index contributed by atoms with van der Waals surface area (Å²) in [6.07, 6.45) is 4.93. The zero-order valence-corrected chi connectivity index (χ0v) is 11.8. The fourth-order valence-electron chi connectivity index (χ4n) is 2.49. The molecule has 0 fully saturated rings. The Morgan fingerprint density at radius 2 is 1.59 bits per heavy atom. The first kappa shape index (κ1) is 14.2. The molecule has 0 heterocycles. The molecule has 0 aliphatic heterocycles. The van der Waals surface area contributed by atoms with Crippen LogP contribution in [0.4, 0.5) is 0 Å². The molecule has 96 valence electrons. The normalized spacial score (nSPS) is 13.1. The average Bonchev–Trinajstić information content (AvgIpc) is 2.31.